The Morgan fingerprint density at radius 3 is 2.76 bits per heavy atom. The highest BCUT2D eigenvalue weighted by Gasteiger charge is 2.18. The third kappa shape index (κ3) is 3.06. The van der Waals surface area contributed by atoms with E-state index in [9.17, 15) is 8.42 Å². The summed E-state index contributed by atoms with van der Waals surface area (Å²) in [6.45, 7) is 4.18. The Bertz CT molecular complexity index is 809. The van der Waals surface area contributed by atoms with Crippen molar-refractivity contribution in [2.75, 3.05) is 19.3 Å². The maximum absolute atomic E-state index is 11.9. The molecule has 0 spiro atoms. The van der Waals surface area contributed by atoms with E-state index in [0.717, 1.165) is 35.4 Å². The van der Waals surface area contributed by atoms with Gasteiger partial charge in [0.05, 0.1) is 18.0 Å². The molecule has 0 saturated heterocycles. The number of amidine groups is 1. The Morgan fingerprint density at radius 2 is 2.14 bits per heavy atom. The molecular weight excluding hydrogens is 310 g/mol. The third-order valence-electron chi connectivity index (χ3n) is 3.46. The molecule has 0 bridgehead atoms. The topological polar surface area (TPSA) is 63.5 Å². The van der Waals surface area contributed by atoms with Crippen molar-refractivity contribution in [3.05, 3.63) is 30.0 Å². The van der Waals surface area contributed by atoms with Gasteiger partial charge in [0.25, 0.3) is 0 Å². The third-order valence-corrected chi connectivity index (χ3v) is 4.59. The minimum Gasteiger partial charge on any atom is -0.370 e. The Kier molecular flexibility index (Phi) is 4.30. The molecule has 1 N–H and O–H groups in total. The van der Waals surface area contributed by atoms with Crippen molar-refractivity contribution >= 4 is 39.0 Å². The van der Waals surface area contributed by atoms with Gasteiger partial charge >= 0.3 is 0 Å². The molecule has 3 rings (SSSR count). The van der Waals surface area contributed by atoms with Gasteiger partial charge in [-0.25, -0.2) is 8.42 Å². The van der Waals surface area contributed by atoms with Crippen molar-refractivity contribution in [3.8, 4) is 0 Å². The van der Waals surface area contributed by atoms with Crippen LogP contribution in [0.15, 0.2) is 34.3 Å². The number of rotatable bonds is 3. The Morgan fingerprint density at radius 1 is 1.38 bits per heavy atom. The predicted molar refractivity (Wildman–Crippen MR) is 87.3 cm³/mol. The molecule has 0 amide bonds. The average molecular weight is 328 g/mol. The second-order valence-electron chi connectivity index (χ2n) is 5.17. The quantitative estimate of drug-likeness (QED) is 0.934. The standard InChI is InChI=1S/C14H17N3O2S.ClH/c1-10-3-4-12-11(7-10)13(20(2,18)19)8-17(12)9-14-15-5-6-16-14;/h3-4,7-8H,5-6,9H2,1-2H3,(H,15,16);1H. The highest BCUT2D eigenvalue weighted by Crippen LogP contribution is 2.26. The fourth-order valence-corrected chi connectivity index (χ4v) is 3.40. The van der Waals surface area contributed by atoms with Gasteiger partial charge in [-0.2, -0.15) is 0 Å². The average Bonchev–Trinajstić information content (AvgIpc) is 2.97. The Hall–Kier alpha value is -1.53. The number of halogens is 1. The van der Waals surface area contributed by atoms with Crippen molar-refractivity contribution in [3.63, 3.8) is 0 Å². The summed E-state index contributed by atoms with van der Waals surface area (Å²) < 4.78 is 25.8. The van der Waals surface area contributed by atoms with Gasteiger partial charge in [-0.15, -0.1) is 12.4 Å². The van der Waals surface area contributed by atoms with E-state index in [4.69, 9.17) is 0 Å². The van der Waals surface area contributed by atoms with E-state index in [1.807, 2.05) is 29.7 Å². The van der Waals surface area contributed by atoms with Crippen molar-refractivity contribution in [2.45, 2.75) is 18.4 Å². The van der Waals surface area contributed by atoms with Gasteiger partial charge in [0, 0.05) is 29.9 Å². The van der Waals surface area contributed by atoms with E-state index in [2.05, 4.69) is 10.3 Å². The zero-order chi connectivity index (χ0) is 14.3. The fraction of sp³-hybridized carbons (Fsp3) is 0.357. The highest BCUT2D eigenvalue weighted by molar-refractivity contribution is 7.91. The minimum absolute atomic E-state index is 0. The molecule has 5 nitrogen and oxygen atoms in total. The number of sulfone groups is 1. The van der Waals surface area contributed by atoms with Crippen molar-refractivity contribution in [2.24, 2.45) is 4.99 Å². The van der Waals surface area contributed by atoms with Gasteiger partial charge in [-0.3, -0.25) is 4.99 Å². The van der Waals surface area contributed by atoms with Gasteiger partial charge in [-0.1, -0.05) is 11.6 Å². The molecule has 1 aromatic carbocycles. The molecule has 0 radical (unpaired) electrons. The lowest BCUT2D eigenvalue weighted by Gasteiger charge is -2.06. The lowest BCUT2D eigenvalue weighted by Crippen LogP contribution is -2.23. The van der Waals surface area contributed by atoms with Gasteiger partial charge in [0.1, 0.15) is 5.84 Å². The molecule has 1 aliphatic rings. The zero-order valence-electron chi connectivity index (χ0n) is 12.0. The maximum Gasteiger partial charge on any atom is 0.177 e. The van der Waals surface area contributed by atoms with E-state index < -0.39 is 9.84 Å². The molecule has 2 heterocycles. The van der Waals surface area contributed by atoms with Crippen LogP contribution in [0.1, 0.15) is 5.56 Å². The number of hydrogen-bond donors (Lipinski definition) is 1. The Labute approximate surface area is 130 Å². The summed E-state index contributed by atoms with van der Waals surface area (Å²) in [5, 5.41) is 3.99. The summed E-state index contributed by atoms with van der Waals surface area (Å²) in [7, 11) is -3.24. The molecule has 7 heteroatoms. The number of aliphatic imine (C=N–C) groups is 1. The number of nitrogens with zero attached hydrogens (tertiary/aromatic N) is 2. The summed E-state index contributed by atoms with van der Waals surface area (Å²) in [6.07, 6.45) is 2.96. The number of fused-ring (bicyclic) bond motifs is 1. The molecule has 0 fully saturated rings. The molecule has 0 saturated carbocycles. The first-order valence-corrected chi connectivity index (χ1v) is 8.41. The first-order valence-electron chi connectivity index (χ1n) is 6.52. The van der Waals surface area contributed by atoms with Crippen molar-refractivity contribution < 1.29 is 8.42 Å². The summed E-state index contributed by atoms with van der Waals surface area (Å²) >= 11 is 0. The SMILES string of the molecule is Cc1ccc2c(c1)c(S(C)(=O)=O)cn2CC1=NCCN1.Cl. The summed E-state index contributed by atoms with van der Waals surface area (Å²) in [4.78, 5) is 4.75. The number of aromatic nitrogens is 1. The fourth-order valence-electron chi connectivity index (χ4n) is 2.52. The van der Waals surface area contributed by atoms with Crippen LogP contribution < -0.4 is 5.32 Å². The molecule has 2 aromatic rings. The molecule has 0 atom stereocenters. The normalized spacial score (nSPS) is 14.7. The first-order chi connectivity index (χ1) is 9.45. The van der Waals surface area contributed by atoms with Gasteiger partial charge < -0.3 is 9.88 Å². The number of benzene rings is 1. The molecule has 1 aliphatic heterocycles. The number of aryl methyl sites for hydroxylation is 1. The monoisotopic (exact) mass is 327 g/mol. The van der Waals surface area contributed by atoms with Gasteiger partial charge in [0.15, 0.2) is 9.84 Å². The van der Waals surface area contributed by atoms with E-state index in [1.54, 1.807) is 6.20 Å². The highest BCUT2D eigenvalue weighted by atomic mass is 35.5. The number of nitrogens with one attached hydrogen (secondary N) is 1. The lowest BCUT2D eigenvalue weighted by atomic mass is 10.2. The van der Waals surface area contributed by atoms with E-state index in [1.165, 1.54) is 6.26 Å². The van der Waals surface area contributed by atoms with Gasteiger partial charge in [0.2, 0.25) is 0 Å². The summed E-state index contributed by atoms with van der Waals surface area (Å²) in [5.74, 6) is 0.905. The van der Waals surface area contributed by atoms with Crippen LogP contribution in [-0.4, -0.2) is 38.2 Å². The van der Waals surface area contributed by atoms with Crippen LogP contribution in [0.25, 0.3) is 10.9 Å². The van der Waals surface area contributed by atoms with Crippen molar-refractivity contribution in [1.29, 1.82) is 0 Å². The van der Waals surface area contributed by atoms with E-state index >= 15 is 0 Å². The van der Waals surface area contributed by atoms with Crippen LogP contribution in [0.2, 0.25) is 0 Å². The molecule has 0 unspecified atom stereocenters. The van der Waals surface area contributed by atoms with Gasteiger partial charge in [-0.05, 0) is 19.1 Å². The number of hydrogen-bond acceptors (Lipinski definition) is 4. The van der Waals surface area contributed by atoms with Crippen LogP contribution in [0.3, 0.4) is 0 Å². The Balaban J connectivity index is 0.00000161. The second-order valence-corrected chi connectivity index (χ2v) is 7.15. The van der Waals surface area contributed by atoms with Crippen LogP contribution >= 0.6 is 12.4 Å². The van der Waals surface area contributed by atoms with Crippen molar-refractivity contribution in [1.82, 2.24) is 9.88 Å². The van der Waals surface area contributed by atoms with Crippen LogP contribution in [0.5, 0.6) is 0 Å². The van der Waals surface area contributed by atoms with E-state index in [-0.39, 0.29) is 12.4 Å². The summed E-state index contributed by atoms with van der Waals surface area (Å²) in [5.41, 5.74) is 1.98. The molecule has 1 aromatic heterocycles. The first kappa shape index (κ1) is 15.9. The minimum atomic E-state index is -3.24. The smallest absolute Gasteiger partial charge is 0.177 e. The zero-order valence-corrected chi connectivity index (χ0v) is 13.6. The van der Waals surface area contributed by atoms with Crippen LogP contribution in [0, 0.1) is 6.92 Å². The molecule has 114 valence electrons. The maximum atomic E-state index is 11.9. The van der Waals surface area contributed by atoms with Crippen LogP contribution in [0.4, 0.5) is 0 Å². The largest absolute Gasteiger partial charge is 0.370 e. The van der Waals surface area contributed by atoms with E-state index in [0.29, 0.717) is 11.4 Å². The molecular formula is C14H18ClN3O2S. The van der Waals surface area contributed by atoms with Crippen LogP contribution in [-0.2, 0) is 16.4 Å². The second kappa shape index (κ2) is 5.69. The summed E-state index contributed by atoms with van der Waals surface area (Å²) in [6, 6.07) is 5.88. The predicted octanol–water partition coefficient (Wildman–Crippen LogP) is 1.78. The molecule has 21 heavy (non-hydrogen) atoms. The lowest BCUT2D eigenvalue weighted by molar-refractivity contribution is 0.602. The molecule has 0 aliphatic carbocycles.